The Morgan fingerprint density at radius 1 is 1.00 bits per heavy atom. The normalized spacial score (nSPS) is 7.36. The van der Waals surface area contributed by atoms with Gasteiger partial charge in [-0.05, 0) is 19.8 Å². The van der Waals surface area contributed by atoms with Gasteiger partial charge in [-0.25, -0.2) is 0 Å². The van der Waals surface area contributed by atoms with Crippen LogP contribution in [0, 0.1) is 0 Å². The molecule has 0 fully saturated rings. The van der Waals surface area contributed by atoms with Crippen molar-refractivity contribution in [2.45, 2.75) is 47.5 Å². The molecule has 0 atom stereocenters. The number of unbranched alkanes of at least 4 members (excludes halogenated alkanes) is 1. The van der Waals surface area contributed by atoms with E-state index in [-0.39, 0.29) is 0 Å². The molecule has 0 nitrogen and oxygen atoms in total. The number of hydrogen-bond acceptors (Lipinski definition) is 0. The first-order chi connectivity index (χ1) is 5.41. The summed E-state index contributed by atoms with van der Waals surface area (Å²) in [6, 6.07) is 0. The average Bonchev–Trinajstić information content (AvgIpc) is 2.13. The first kappa shape index (κ1) is 16.8. The summed E-state index contributed by atoms with van der Waals surface area (Å²) in [6.07, 6.45) is 8.37. The molecular formula is C11H24. The van der Waals surface area contributed by atoms with Gasteiger partial charge >= 0.3 is 0 Å². The van der Waals surface area contributed by atoms with E-state index in [2.05, 4.69) is 18.7 Å². The highest BCUT2D eigenvalue weighted by Crippen LogP contribution is 1.88. The van der Waals surface area contributed by atoms with Crippen LogP contribution in [0.3, 0.4) is 0 Å². The monoisotopic (exact) mass is 156 g/mol. The van der Waals surface area contributed by atoms with Crippen molar-refractivity contribution in [2.75, 3.05) is 0 Å². The van der Waals surface area contributed by atoms with Gasteiger partial charge in [-0.1, -0.05) is 45.9 Å². The Balaban J connectivity index is -0.000000138. The van der Waals surface area contributed by atoms with E-state index in [0.29, 0.717) is 0 Å². The summed E-state index contributed by atoms with van der Waals surface area (Å²) in [5.74, 6) is 0. The summed E-state index contributed by atoms with van der Waals surface area (Å²) in [5.41, 5.74) is 0. The van der Waals surface area contributed by atoms with Crippen LogP contribution in [0.25, 0.3) is 0 Å². The zero-order valence-corrected chi connectivity index (χ0v) is 8.85. The van der Waals surface area contributed by atoms with Gasteiger partial charge in [0.2, 0.25) is 0 Å². The molecule has 0 aromatic heterocycles. The molecule has 0 rings (SSSR count). The maximum absolute atomic E-state index is 3.60. The highest BCUT2D eigenvalue weighted by molar-refractivity contribution is 4.80. The largest absolute Gasteiger partial charge is 0.103 e. The third-order valence-corrected chi connectivity index (χ3v) is 0.773. The lowest BCUT2D eigenvalue weighted by atomic mass is 10.3. The van der Waals surface area contributed by atoms with Gasteiger partial charge in [-0.3, -0.25) is 0 Å². The number of hydrogen-bond donors (Lipinski definition) is 0. The average molecular weight is 156 g/mol. The third-order valence-electron chi connectivity index (χ3n) is 0.773. The van der Waals surface area contributed by atoms with Gasteiger partial charge < -0.3 is 0 Å². The predicted molar refractivity (Wildman–Crippen MR) is 56.9 cm³/mol. The number of allylic oxidation sites excluding steroid dienone is 3. The summed E-state index contributed by atoms with van der Waals surface area (Å²) >= 11 is 0. The highest BCUT2D eigenvalue weighted by atomic mass is 13.7. The maximum atomic E-state index is 3.60. The first-order valence-electron chi connectivity index (χ1n) is 4.64. The SMILES string of the molecule is C=CCC/C=C\C.CC.CC. The summed E-state index contributed by atoms with van der Waals surface area (Å²) in [5, 5.41) is 0. The summed E-state index contributed by atoms with van der Waals surface area (Å²) in [7, 11) is 0. The van der Waals surface area contributed by atoms with Crippen molar-refractivity contribution in [3.63, 3.8) is 0 Å². The van der Waals surface area contributed by atoms with E-state index < -0.39 is 0 Å². The molecule has 0 saturated carbocycles. The molecule has 0 aliphatic carbocycles. The van der Waals surface area contributed by atoms with Crippen LogP contribution < -0.4 is 0 Å². The Morgan fingerprint density at radius 2 is 1.45 bits per heavy atom. The predicted octanol–water partition coefficient (Wildman–Crippen LogP) is 4.58. The van der Waals surface area contributed by atoms with Crippen molar-refractivity contribution in [3.05, 3.63) is 24.8 Å². The van der Waals surface area contributed by atoms with Gasteiger partial charge in [0.15, 0.2) is 0 Å². The van der Waals surface area contributed by atoms with Crippen LogP contribution in [0.5, 0.6) is 0 Å². The summed E-state index contributed by atoms with van der Waals surface area (Å²) in [6.45, 7) is 13.6. The second-order valence-corrected chi connectivity index (χ2v) is 1.44. The molecule has 0 saturated heterocycles. The molecule has 0 aliphatic rings. The van der Waals surface area contributed by atoms with E-state index in [1.54, 1.807) is 0 Å². The third kappa shape index (κ3) is 43.8. The Morgan fingerprint density at radius 3 is 1.73 bits per heavy atom. The smallest absolute Gasteiger partial charge is 0.0316 e. The standard InChI is InChI=1S/C7H12.2C2H6/c1-3-5-7-6-4-2;2*1-2/h3-4,6H,1,5,7H2,2H3;2*1-2H3/b6-4-;;. The van der Waals surface area contributed by atoms with E-state index in [1.165, 1.54) is 0 Å². The van der Waals surface area contributed by atoms with Crippen LogP contribution in [0.1, 0.15) is 47.5 Å². The first-order valence-corrected chi connectivity index (χ1v) is 4.64. The highest BCUT2D eigenvalue weighted by Gasteiger charge is 1.68. The minimum absolute atomic E-state index is 1.10. The fourth-order valence-corrected chi connectivity index (χ4v) is 0.381. The van der Waals surface area contributed by atoms with E-state index >= 15 is 0 Å². The molecule has 0 unspecified atom stereocenters. The van der Waals surface area contributed by atoms with Crippen molar-refractivity contribution >= 4 is 0 Å². The molecule has 68 valence electrons. The van der Waals surface area contributed by atoms with Crippen molar-refractivity contribution in [1.29, 1.82) is 0 Å². The van der Waals surface area contributed by atoms with Crippen molar-refractivity contribution in [3.8, 4) is 0 Å². The van der Waals surface area contributed by atoms with Crippen molar-refractivity contribution < 1.29 is 0 Å². The van der Waals surface area contributed by atoms with Crippen LogP contribution >= 0.6 is 0 Å². The van der Waals surface area contributed by atoms with Crippen LogP contribution in [0.4, 0.5) is 0 Å². The molecule has 0 spiro atoms. The second-order valence-electron chi connectivity index (χ2n) is 1.44. The van der Waals surface area contributed by atoms with Crippen LogP contribution in [0.2, 0.25) is 0 Å². The van der Waals surface area contributed by atoms with E-state index in [1.807, 2.05) is 40.7 Å². The molecule has 0 aliphatic heterocycles. The van der Waals surface area contributed by atoms with E-state index in [9.17, 15) is 0 Å². The van der Waals surface area contributed by atoms with E-state index in [0.717, 1.165) is 12.8 Å². The molecular weight excluding hydrogens is 132 g/mol. The molecule has 0 radical (unpaired) electrons. The zero-order chi connectivity index (χ0) is 9.54. The van der Waals surface area contributed by atoms with Gasteiger partial charge in [0.25, 0.3) is 0 Å². The van der Waals surface area contributed by atoms with Crippen molar-refractivity contribution in [1.82, 2.24) is 0 Å². The van der Waals surface area contributed by atoms with Gasteiger partial charge in [0.05, 0.1) is 0 Å². The van der Waals surface area contributed by atoms with Crippen molar-refractivity contribution in [2.24, 2.45) is 0 Å². The van der Waals surface area contributed by atoms with Crippen LogP contribution in [-0.2, 0) is 0 Å². The van der Waals surface area contributed by atoms with Crippen LogP contribution in [0.15, 0.2) is 24.8 Å². The van der Waals surface area contributed by atoms with Gasteiger partial charge in [-0.15, -0.1) is 6.58 Å². The second kappa shape index (κ2) is 34.0. The minimum atomic E-state index is 1.10. The Bertz CT molecular complexity index is 60.4. The van der Waals surface area contributed by atoms with Crippen LogP contribution in [-0.4, -0.2) is 0 Å². The fraction of sp³-hybridized carbons (Fsp3) is 0.636. The fourth-order valence-electron chi connectivity index (χ4n) is 0.381. The maximum Gasteiger partial charge on any atom is -0.0316 e. The van der Waals surface area contributed by atoms with Gasteiger partial charge in [0, 0.05) is 0 Å². The molecule has 0 bridgehead atoms. The Labute approximate surface area is 73.0 Å². The van der Waals surface area contributed by atoms with Gasteiger partial charge in [-0.2, -0.15) is 0 Å². The van der Waals surface area contributed by atoms with E-state index in [4.69, 9.17) is 0 Å². The quantitative estimate of drug-likeness (QED) is 0.414. The molecule has 0 amide bonds. The lowest BCUT2D eigenvalue weighted by Crippen LogP contribution is -1.58. The summed E-state index contributed by atoms with van der Waals surface area (Å²) in [4.78, 5) is 0. The minimum Gasteiger partial charge on any atom is -0.103 e. The molecule has 11 heavy (non-hydrogen) atoms. The molecule has 0 N–H and O–H groups in total. The summed E-state index contributed by atoms with van der Waals surface area (Å²) < 4.78 is 0. The molecule has 0 heteroatoms. The number of rotatable bonds is 3. The topological polar surface area (TPSA) is 0 Å². The Hall–Kier alpha value is -0.520. The molecule has 0 aromatic rings. The zero-order valence-electron chi connectivity index (χ0n) is 8.85. The lowest BCUT2D eigenvalue weighted by Gasteiger charge is -1.79. The van der Waals surface area contributed by atoms with Gasteiger partial charge in [0.1, 0.15) is 0 Å². The molecule has 0 heterocycles. The Kier molecular flexibility index (Phi) is 52.0. The molecule has 0 aromatic carbocycles. The lowest BCUT2D eigenvalue weighted by molar-refractivity contribution is 1.05.